The molecule has 3 unspecified atom stereocenters. The molecule has 2 aliphatic carbocycles. The highest BCUT2D eigenvalue weighted by atomic mass is 16.3. The van der Waals surface area contributed by atoms with Gasteiger partial charge in [-0.15, -0.1) is 0 Å². The summed E-state index contributed by atoms with van der Waals surface area (Å²) in [5, 5.41) is 9.82. The van der Waals surface area contributed by atoms with Crippen molar-refractivity contribution in [3.63, 3.8) is 0 Å². The Bertz CT molecular complexity index is 160. The molecule has 0 amide bonds. The Balaban J connectivity index is 2.11. The summed E-state index contributed by atoms with van der Waals surface area (Å²) in [5.74, 6) is 1.97. The maximum Gasteiger partial charge on any atom is 0.0603 e. The average Bonchev–Trinajstić information content (AvgIpc) is 2.58. The summed E-state index contributed by atoms with van der Waals surface area (Å²) in [7, 11) is 0. The minimum atomic E-state index is -0.105. The SMILES string of the molecule is NCC1CC2CC(CN)C1C2O. The second-order valence-electron chi connectivity index (χ2n) is 4.29. The van der Waals surface area contributed by atoms with Crippen molar-refractivity contribution in [2.24, 2.45) is 35.1 Å². The van der Waals surface area contributed by atoms with Crippen LogP contribution in [0.5, 0.6) is 0 Å². The summed E-state index contributed by atoms with van der Waals surface area (Å²) < 4.78 is 0. The van der Waals surface area contributed by atoms with Gasteiger partial charge in [-0.05, 0) is 49.6 Å². The second kappa shape index (κ2) is 2.98. The van der Waals surface area contributed by atoms with Crippen molar-refractivity contribution in [3.8, 4) is 0 Å². The van der Waals surface area contributed by atoms with E-state index in [4.69, 9.17) is 11.5 Å². The van der Waals surface area contributed by atoms with Crippen molar-refractivity contribution in [2.45, 2.75) is 18.9 Å². The summed E-state index contributed by atoms with van der Waals surface area (Å²) >= 11 is 0. The summed E-state index contributed by atoms with van der Waals surface area (Å²) in [6.07, 6.45) is 2.14. The first-order valence-corrected chi connectivity index (χ1v) is 4.86. The Morgan fingerprint density at radius 3 is 1.92 bits per heavy atom. The number of hydrogen-bond acceptors (Lipinski definition) is 3. The van der Waals surface area contributed by atoms with Crippen LogP contribution in [-0.4, -0.2) is 24.3 Å². The van der Waals surface area contributed by atoms with Crippen LogP contribution in [0.2, 0.25) is 0 Å². The first kappa shape index (κ1) is 8.48. The molecule has 0 heterocycles. The van der Waals surface area contributed by atoms with Crippen LogP contribution in [0.25, 0.3) is 0 Å². The zero-order chi connectivity index (χ0) is 8.72. The highest BCUT2D eigenvalue weighted by Crippen LogP contribution is 2.51. The Morgan fingerprint density at radius 2 is 1.58 bits per heavy atom. The fourth-order valence-corrected chi connectivity index (χ4v) is 3.23. The summed E-state index contributed by atoms with van der Waals surface area (Å²) in [6, 6.07) is 0. The molecule has 0 spiro atoms. The molecule has 0 aromatic heterocycles. The van der Waals surface area contributed by atoms with Gasteiger partial charge in [0.2, 0.25) is 0 Å². The number of hydrogen-bond donors (Lipinski definition) is 3. The first-order chi connectivity index (χ1) is 5.77. The van der Waals surface area contributed by atoms with Crippen molar-refractivity contribution < 1.29 is 5.11 Å². The lowest BCUT2D eigenvalue weighted by Gasteiger charge is -2.27. The van der Waals surface area contributed by atoms with Crippen molar-refractivity contribution >= 4 is 0 Å². The standard InChI is InChI=1S/C9H18N2O/c10-3-6-1-5-2-7(4-11)8(6)9(5)12/h5-9,12H,1-4,10-11H2. The Labute approximate surface area is 73.1 Å². The van der Waals surface area contributed by atoms with E-state index in [1.807, 2.05) is 0 Å². The van der Waals surface area contributed by atoms with Gasteiger partial charge in [0.1, 0.15) is 0 Å². The molecule has 3 atom stereocenters. The Hall–Kier alpha value is -0.120. The molecule has 2 fully saturated rings. The summed E-state index contributed by atoms with van der Waals surface area (Å²) in [5.41, 5.74) is 11.3. The van der Waals surface area contributed by atoms with E-state index in [2.05, 4.69) is 0 Å². The second-order valence-corrected chi connectivity index (χ2v) is 4.29. The van der Waals surface area contributed by atoms with Crippen LogP contribution in [0.1, 0.15) is 12.8 Å². The maximum absolute atomic E-state index is 9.82. The van der Waals surface area contributed by atoms with E-state index in [1.165, 1.54) is 0 Å². The molecule has 3 heteroatoms. The molecule has 5 N–H and O–H groups in total. The lowest BCUT2D eigenvalue weighted by molar-refractivity contribution is 0.108. The molecule has 0 aromatic carbocycles. The third-order valence-corrected chi connectivity index (χ3v) is 3.78. The minimum absolute atomic E-state index is 0.105. The Morgan fingerprint density at radius 1 is 1.08 bits per heavy atom. The minimum Gasteiger partial charge on any atom is -0.393 e. The van der Waals surface area contributed by atoms with Gasteiger partial charge in [0.25, 0.3) is 0 Å². The summed E-state index contributed by atoms with van der Waals surface area (Å²) in [4.78, 5) is 0. The van der Waals surface area contributed by atoms with Gasteiger partial charge in [0.05, 0.1) is 6.10 Å². The molecule has 0 saturated heterocycles. The highest BCUT2D eigenvalue weighted by molar-refractivity contribution is 5.01. The Kier molecular flexibility index (Phi) is 2.10. The highest BCUT2D eigenvalue weighted by Gasteiger charge is 2.51. The van der Waals surface area contributed by atoms with Gasteiger partial charge >= 0.3 is 0 Å². The van der Waals surface area contributed by atoms with Crippen LogP contribution < -0.4 is 11.5 Å². The quantitative estimate of drug-likeness (QED) is 0.525. The van der Waals surface area contributed by atoms with E-state index >= 15 is 0 Å². The van der Waals surface area contributed by atoms with Gasteiger partial charge in [-0.25, -0.2) is 0 Å². The van der Waals surface area contributed by atoms with E-state index in [0.29, 0.717) is 36.8 Å². The molecule has 2 aliphatic rings. The molecular weight excluding hydrogens is 152 g/mol. The molecule has 3 nitrogen and oxygen atoms in total. The van der Waals surface area contributed by atoms with Gasteiger partial charge in [-0.1, -0.05) is 0 Å². The summed E-state index contributed by atoms with van der Waals surface area (Å²) in [6.45, 7) is 1.43. The predicted molar refractivity (Wildman–Crippen MR) is 47.3 cm³/mol. The van der Waals surface area contributed by atoms with Crippen LogP contribution in [0.4, 0.5) is 0 Å². The third kappa shape index (κ3) is 1.00. The van der Waals surface area contributed by atoms with Crippen LogP contribution in [-0.2, 0) is 0 Å². The zero-order valence-electron chi connectivity index (χ0n) is 7.32. The van der Waals surface area contributed by atoms with Gasteiger partial charge in [0.15, 0.2) is 0 Å². The predicted octanol–water partition coefficient (Wildman–Crippen LogP) is -0.463. The third-order valence-electron chi connectivity index (χ3n) is 3.78. The van der Waals surface area contributed by atoms with Crippen molar-refractivity contribution in [2.75, 3.05) is 13.1 Å². The molecule has 0 aliphatic heterocycles. The largest absolute Gasteiger partial charge is 0.393 e. The molecular formula is C9H18N2O. The zero-order valence-corrected chi connectivity index (χ0v) is 7.32. The van der Waals surface area contributed by atoms with E-state index in [-0.39, 0.29) is 6.10 Å². The maximum atomic E-state index is 9.82. The number of nitrogens with two attached hydrogens (primary N) is 2. The topological polar surface area (TPSA) is 72.3 Å². The number of aliphatic hydroxyl groups is 1. The molecule has 0 aromatic rings. The molecule has 12 heavy (non-hydrogen) atoms. The van der Waals surface area contributed by atoms with Crippen molar-refractivity contribution in [1.29, 1.82) is 0 Å². The lowest BCUT2D eigenvalue weighted by atomic mass is 9.80. The van der Waals surface area contributed by atoms with Crippen molar-refractivity contribution in [1.82, 2.24) is 0 Å². The molecule has 0 radical (unpaired) electrons. The number of aliphatic hydroxyl groups excluding tert-OH is 1. The van der Waals surface area contributed by atoms with Crippen LogP contribution >= 0.6 is 0 Å². The van der Waals surface area contributed by atoms with Crippen LogP contribution in [0, 0.1) is 23.7 Å². The van der Waals surface area contributed by atoms with E-state index in [1.54, 1.807) is 0 Å². The van der Waals surface area contributed by atoms with Crippen LogP contribution in [0.3, 0.4) is 0 Å². The van der Waals surface area contributed by atoms with Gasteiger partial charge < -0.3 is 16.6 Å². The van der Waals surface area contributed by atoms with E-state index in [9.17, 15) is 5.11 Å². The molecule has 70 valence electrons. The molecule has 2 rings (SSSR count). The lowest BCUT2D eigenvalue weighted by Crippen LogP contribution is -2.32. The van der Waals surface area contributed by atoms with Crippen LogP contribution in [0.15, 0.2) is 0 Å². The smallest absolute Gasteiger partial charge is 0.0603 e. The van der Waals surface area contributed by atoms with E-state index in [0.717, 1.165) is 12.8 Å². The fourth-order valence-electron chi connectivity index (χ4n) is 3.23. The van der Waals surface area contributed by atoms with Gasteiger partial charge in [-0.2, -0.15) is 0 Å². The van der Waals surface area contributed by atoms with Gasteiger partial charge in [0, 0.05) is 0 Å². The van der Waals surface area contributed by atoms with E-state index < -0.39 is 0 Å². The molecule has 2 bridgehead atoms. The monoisotopic (exact) mass is 170 g/mol. The average molecular weight is 170 g/mol. The number of fused-ring (bicyclic) bond motifs is 2. The normalized spacial score (nSPS) is 51.8. The number of rotatable bonds is 2. The first-order valence-electron chi connectivity index (χ1n) is 4.86. The fraction of sp³-hybridized carbons (Fsp3) is 1.00. The molecule has 2 saturated carbocycles. The van der Waals surface area contributed by atoms with Crippen molar-refractivity contribution in [3.05, 3.63) is 0 Å². The van der Waals surface area contributed by atoms with Gasteiger partial charge in [-0.3, -0.25) is 0 Å².